The first-order valence-corrected chi connectivity index (χ1v) is 8.92. The number of hydrogen-bond acceptors (Lipinski definition) is 3. The third kappa shape index (κ3) is 3.29. The summed E-state index contributed by atoms with van der Waals surface area (Å²) in [5, 5.41) is 9.81. The minimum absolute atomic E-state index is 0.107. The van der Waals surface area contributed by atoms with Crippen molar-refractivity contribution in [1.29, 1.82) is 0 Å². The van der Waals surface area contributed by atoms with Crippen LogP contribution in [-0.2, 0) is 9.59 Å². The molecule has 2 saturated heterocycles. The van der Waals surface area contributed by atoms with Crippen LogP contribution < -0.4 is 0 Å². The van der Waals surface area contributed by atoms with E-state index in [0.29, 0.717) is 6.54 Å². The monoisotopic (exact) mass is 308 g/mol. The summed E-state index contributed by atoms with van der Waals surface area (Å²) >= 11 is 0. The average Bonchev–Trinajstić information content (AvgIpc) is 3.08. The lowest BCUT2D eigenvalue weighted by Gasteiger charge is -2.38. The van der Waals surface area contributed by atoms with E-state index < -0.39 is 6.10 Å². The van der Waals surface area contributed by atoms with Crippen molar-refractivity contribution in [2.45, 2.75) is 57.5 Å². The second-order valence-electron chi connectivity index (χ2n) is 7.11. The molecule has 3 fully saturated rings. The first-order chi connectivity index (χ1) is 10.7. The van der Waals surface area contributed by atoms with Gasteiger partial charge in [-0.3, -0.25) is 9.59 Å². The molecule has 0 bridgehead atoms. The summed E-state index contributed by atoms with van der Waals surface area (Å²) in [6.07, 6.45) is 7.21. The number of aliphatic hydroxyl groups is 1. The van der Waals surface area contributed by atoms with E-state index in [2.05, 4.69) is 0 Å². The third-order valence-corrected chi connectivity index (χ3v) is 5.53. The molecule has 0 aromatic heterocycles. The fourth-order valence-corrected chi connectivity index (χ4v) is 4.28. The Balaban J connectivity index is 1.68. The Bertz CT molecular complexity index is 420. The molecule has 5 nitrogen and oxygen atoms in total. The summed E-state index contributed by atoms with van der Waals surface area (Å²) in [5.41, 5.74) is 0. The first-order valence-electron chi connectivity index (χ1n) is 8.92. The number of nitrogens with zero attached hydrogens (tertiary/aromatic N) is 2. The molecule has 22 heavy (non-hydrogen) atoms. The predicted molar refractivity (Wildman–Crippen MR) is 83.1 cm³/mol. The molecule has 124 valence electrons. The van der Waals surface area contributed by atoms with Crippen LogP contribution >= 0.6 is 0 Å². The summed E-state index contributed by atoms with van der Waals surface area (Å²) in [4.78, 5) is 29.4. The fourth-order valence-electron chi connectivity index (χ4n) is 4.28. The van der Waals surface area contributed by atoms with Gasteiger partial charge in [0.2, 0.25) is 11.8 Å². The second-order valence-corrected chi connectivity index (χ2v) is 7.11. The first kappa shape index (κ1) is 15.8. The molecular weight excluding hydrogens is 280 g/mol. The van der Waals surface area contributed by atoms with E-state index in [1.54, 1.807) is 4.90 Å². The maximum atomic E-state index is 12.9. The van der Waals surface area contributed by atoms with Gasteiger partial charge >= 0.3 is 0 Å². The molecule has 3 atom stereocenters. The summed E-state index contributed by atoms with van der Waals surface area (Å²) in [6.45, 7) is 2.90. The van der Waals surface area contributed by atoms with Crippen molar-refractivity contribution in [3.63, 3.8) is 0 Å². The molecule has 1 N–H and O–H groups in total. The number of carbonyl (C=O) groups is 2. The van der Waals surface area contributed by atoms with Crippen molar-refractivity contribution < 1.29 is 14.7 Å². The Morgan fingerprint density at radius 3 is 1.86 bits per heavy atom. The van der Waals surface area contributed by atoms with E-state index in [9.17, 15) is 14.7 Å². The number of hydrogen-bond donors (Lipinski definition) is 1. The summed E-state index contributed by atoms with van der Waals surface area (Å²) < 4.78 is 0. The van der Waals surface area contributed by atoms with Crippen molar-refractivity contribution in [1.82, 2.24) is 9.80 Å². The Morgan fingerprint density at radius 1 is 0.727 bits per heavy atom. The summed E-state index contributed by atoms with van der Waals surface area (Å²) in [5.74, 6) is 0.0228. The van der Waals surface area contributed by atoms with Crippen molar-refractivity contribution in [2.24, 2.45) is 11.8 Å². The highest BCUT2D eigenvalue weighted by Gasteiger charge is 2.40. The van der Waals surface area contributed by atoms with Gasteiger partial charge < -0.3 is 14.9 Å². The minimum Gasteiger partial charge on any atom is -0.391 e. The number of rotatable bonds is 2. The standard InChI is InChI=1S/C17H28N2O3/c20-13-6-5-11-19(12-13)17(22)15-8-2-1-7-14(15)16(21)18-9-3-4-10-18/h13-15,20H,1-12H2/t13-,14-,15-/m1/s1. The smallest absolute Gasteiger partial charge is 0.226 e. The summed E-state index contributed by atoms with van der Waals surface area (Å²) in [7, 11) is 0. The number of β-amino-alcohol motifs (C(OH)–C–C–N with tert-alkyl or cyclic N) is 1. The molecule has 0 aromatic carbocycles. The lowest BCUT2D eigenvalue weighted by Crippen LogP contribution is -2.49. The summed E-state index contributed by atoms with van der Waals surface area (Å²) in [6, 6.07) is 0. The molecule has 1 saturated carbocycles. The molecule has 2 amide bonds. The zero-order valence-corrected chi connectivity index (χ0v) is 13.4. The highest BCUT2D eigenvalue weighted by molar-refractivity contribution is 5.88. The number of amides is 2. The van der Waals surface area contributed by atoms with Crippen LogP contribution in [-0.4, -0.2) is 59.0 Å². The molecule has 2 heterocycles. The average molecular weight is 308 g/mol. The number of likely N-dealkylation sites (tertiary alicyclic amines) is 2. The van der Waals surface area contributed by atoms with E-state index in [1.807, 2.05) is 4.90 Å². The van der Waals surface area contributed by atoms with Gasteiger partial charge in [-0.15, -0.1) is 0 Å². The van der Waals surface area contributed by atoms with Gasteiger partial charge in [-0.1, -0.05) is 12.8 Å². The van der Waals surface area contributed by atoms with Crippen LogP contribution in [0.25, 0.3) is 0 Å². The van der Waals surface area contributed by atoms with Gasteiger partial charge in [0.25, 0.3) is 0 Å². The molecule has 5 heteroatoms. The number of piperidine rings is 1. The molecule has 0 unspecified atom stereocenters. The number of carbonyl (C=O) groups excluding carboxylic acids is 2. The molecule has 3 aliphatic rings. The molecule has 0 spiro atoms. The Hall–Kier alpha value is -1.10. The lowest BCUT2D eigenvalue weighted by atomic mass is 9.77. The Kier molecular flexibility index (Phi) is 5.01. The van der Waals surface area contributed by atoms with E-state index in [1.165, 1.54) is 0 Å². The molecule has 0 radical (unpaired) electrons. The number of aliphatic hydroxyl groups excluding tert-OH is 1. The Morgan fingerprint density at radius 2 is 1.27 bits per heavy atom. The van der Waals surface area contributed by atoms with Crippen LogP contribution in [0.4, 0.5) is 0 Å². The highest BCUT2D eigenvalue weighted by atomic mass is 16.3. The van der Waals surface area contributed by atoms with Gasteiger partial charge in [-0.25, -0.2) is 0 Å². The fraction of sp³-hybridized carbons (Fsp3) is 0.882. The SMILES string of the molecule is O=C([C@@H]1CCCC[C@H]1C(=O)N1CCC[C@@H](O)C1)N1CCCC1. The van der Waals surface area contributed by atoms with Gasteiger partial charge in [0.1, 0.15) is 0 Å². The van der Waals surface area contributed by atoms with Crippen LogP contribution in [0.1, 0.15) is 51.4 Å². The maximum absolute atomic E-state index is 12.9. The van der Waals surface area contributed by atoms with Gasteiger partial charge in [-0.05, 0) is 38.5 Å². The van der Waals surface area contributed by atoms with Gasteiger partial charge in [0.05, 0.1) is 6.10 Å². The van der Waals surface area contributed by atoms with Gasteiger partial charge in [0.15, 0.2) is 0 Å². The van der Waals surface area contributed by atoms with E-state index >= 15 is 0 Å². The molecule has 2 aliphatic heterocycles. The van der Waals surface area contributed by atoms with Crippen LogP contribution in [0.5, 0.6) is 0 Å². The van der Waals surface area contributed by atoms with Crippen LogP contribution in [0, 0.1) is 11.8 Å². The predicted octanol–water partition coefficient (Wildman–Crippen LogP) is 1.40. The molecule has 0 aromatic rings. The normalized spacial score (nSPS) is 33.0. The van der Waals surface area contributed by atoms with Gasteiger partial charge in [-0.2, -0.15) is 0 Å². The van der Waals surface area contributed by atoms with E-state index in [-0.39, 0.29) is 23.7 Å². The van der Waals surface area contributed by atoms with Crippen molar-refractivity contribution in [3.8, 4) is 0 Å². The zero-order valence-electron chi connectivity index (χ0n) is 13.4. The van der Waals surface area contributed by atoms with E-state index in [0.717, 1.165) is 71.0 Å². The van der Waals surface area contributed by atoms with E-state index in [4.69, 9.17) is 0 Å². The highest BCUT2D eigenvalue weighted by Crippen LogP contribution is 2.34. The molecule has 1 aliphatic carbocycles. The van der Waals surface area contributed by atoms with Crippen LogP contribution in [0.3, 0.4) is 0 Å². The maximum Gasteiger partial charge on any atom is 0.226 e. The quantitative estimate of drug-likeness (QED) is 0.839. The van der Waals surface area contributed by atoms with Crippen LogP contribution in [0.15, 0.2) is 0 Å². The topological polar surface area (TPSA) is 60.9 Å². The molecular formula is C17H28N2O3. The van der Waals surface area contributed by atoms with Crippen molar-refractivity contribution in [3.05, 3.63) is 0 Å². The van der Waals surface area contributed by atoms with Crippen LogP contribution in [0.2, 0.25) is 0 Å². The van der Waals surface area contributed by atoms with Crippen molar-refractivity contribution >= 4 is 11.8 Å². The Labute approximate surface area is 132 Å². The largest absolute Gasteiger partial charge is 0.391 e. The second kappa shape index (κ2) is 6.99. The third-order valence-electron chi connectivity index (χ3n) is 5.53. The minimum atomic E-state index is -0.394. The van der Waals surface area contributed by atoms with Gasteiger partial charge in [0, 0.05) is 38.0 Å². The zero-order chi connectivity index (χ0) is 15.5. The van der Waals surface area contributed by atoms with Crippen molar-refractivity contribution in [2.75, 3.05) is 26.2 Å². The lowest BCUT2D eigenvalue weighted by molar-refractivity contribution is -0.149. The molecule has 3 rings (SSSR count).